The Kier molecular flexibility index (Phi) is 3.80. The first-order chi connectivity index (χ1) is 12.9. The van der Waals surface area contributed by atoms with E-state index in [1.807, 2.05) is 37.6 Å². The maximum Gasteiger partial charge on any atom is 0.228 e. The Bertz CT molecular complexity index is 874. The van der Waals surface area contributed by atoms with Gasteiger partial charge in [-0.25, -0.2) is 9.67 Å². The van der Waals surface area contributed by atoms with E-state index in [1.165, 1.54) is 6.42 Å². The Morgan fingerprint density at radius 2 is 2.04 bits per heavy atom. The molecule has 0 N–H and O–H groups in total. The predicted molar refractivity (Wildman–Crippen MR) is 102 cm³/mol. The number of carbonyl (C=O) groups is 1. The van der Waals surface area contributed by atoms with Gasteiger partial charge in [0.05, 0.1) is 23.2 Å². The van der Waals surface area contributed by atoms with Gasteiger partial charge in [-0.2, -0.15) is 5.10 Å². The number of aromatic nitrogens is 5. The summed E-state index contributed by atoms with van der Waals surface area (Å²) in [4.78, 5) is 19.8. The molecule has 2 unspecified atom stereocenters. The molecule has 2 atom stereocenters. The van der Waals surface area contributed by atoms with Crippen molar-refractivity contribution in [1.82, 2.24) is 29.4 Å². The summed E-state index contributed by atoms with van der Waals surface area (Å²) >= 11 is 3.39. The van der Waals surface area contributed by atoms with Crippen molar-refractivity contribution in [3.63, 3.8) is 0 Å². The first-order valence-corrected chi connectivity index (χ1v) is 10.5. The van der Waals surface area contributed by atoms with Crippen molar-refractivity contribution < 1.29 is 4.79 Å². The number of rotatable bonds is 4. The molecule has 4 bridgehead atoms. The molecule has 0 spiro atoms. The van der Waals surface area contributed by atoms with Gasteiger partial charge >= 0.3 is 0 Å². The molecular weight excluding hydrogens is 408 g/mol. The van der Waals surface area contributed by atoms with Gasteiger partial charge in [-0.05, 0) is 72.4 Å². The van der Waals surface area contributed by atoms with Crippen LogP contribution < -0.4 is 0 Å². The highest BCUT2D eigenvalue weighted by molar-refractivity contribution is 9.10. The number of hydrogen-bond donors (Lipinski definition) is 0. The van der Waals surface area contributed by atoms with Crippen LogP contribution in [-0.4, -0.2) is 42.4 Å². The zero-order chi connectivity index (χ0) is 18.8. The van der Waals surface area contributed by atoms with Gasteiger partial charge in [0.1, 0.15) is 6.33 Å². The molecule has 4 aliphatic carbocycles. The van der Waals surface area contributed by atoms with Crippen molar-refractivity contribution in [3.05, 3.63) is 29.0 Å². The summed E-state index contributed by atoms with van der Waals surface area (Å²) in [6.45, 7) is 0.568. The Morgan fingerprint density at radius 1 is 1.30 bits per heavy atom. The Balaban J connectivity index is 1.44. The molecule has 1 amide bonds. The zero-order valence-corrected chi connectivity index (χ0v) is 17.4. The second-order valence-corrected chi connectivity index (χ2v) is 9.78. The summed E-state index contributed by atoms with van der Waals surface area (Å²) < 4.78 is 4.47. The Hall–Kier alpha value is -1.70. The normalized spacial score (nSPS) is 34.2. The number of halogens is 1. The van der Waals surface area contributed by atoms with Crippen LogP contribution in [0, 0.1) is 17.3 Å². The average molecular weight is 433 g/mol. The molecule has 144 valence electrons. The highest BCUT2D eigenvalue weighted by atomic mass is 79.9. The fourth-order valence-corrected chi connectivity index (χ4v) is 6.73. The lowest BCUT2D eigenvalue weighted by atomic mass is 9.46. The van der Waals surface area contributed by atoms with E-state index < -0.39 is 0 Å². The van der Waals surface area contributed by atoms with Crippen LogP contribution in [0.5, 0.6) is 0 Å². The van der Waals surface area contributed by atoms with E-state index in [0.29, 0.717) is 23.1 Å². The van der Waals surface area contributed by atoms with Gasteiger partial charge in [0, 0.05) is 20.3 Å². The van der Waals surface area contributed by atoms with Crippen molar-refractivity contribution in [2.45, 2.75) is 50.6 Å². The lowest BCUT2D eigenvalue weighted by Gasteiger charge is -2.61. The highest BCUT2D eigenvalue weighted by Crippen LogP contribution is 2.64. The molecule has 6 rings (SSSR count). The summed E-state index contributed by atoms with van der Waals surface area (Å²) in [5.41, 5.74) is 0.629. The van der Waals surface area contributed by atoms with Crippen LogP contribution in [0.25, 0.3) is 0 Å². The van der Waals surface area contributed by atoms with Crippen LogP contribution >= 0.6 is 15.9 Å². The minimum Gasteiger partial charge on any atom is -0.339 e. The second-order valence-electron chi connectivity index (χ2n) is 9.07. The van der Waals surface area contributed by atoms with Gasteiger partial charge in [0.2, 0.25) is 10.6 Å². The van der Waals surface area contributed by atoms with Crippen molar-refractivity contribution in [1.29, 1.82) is 0 Å². The van der Waals surface area contributed by atoms with Crippen LogP contribution in [0.2, 0.25) is 0 Å². The van der Waals surface area contributed by atoms with Gasteiger partial charge in [-0.3, -0.25) is 9.48 Å². The van der Waals surface area contributed by atoms with E-state index in [4.69, 9.17) is 0 Å². The molecule has 7 nitrogen and oxygen atoms in total. The molecule has 2 aromatic heterocycles. The summed E-state index contributed by atoms with van der Waals surface area (Å²) in [6, 6.07) is 1.98. The number of nitrogens with zero attached hydrogens (tertiary/aromatic N) is 6. The summed E-state index contributed by atoms with van der Waals surface area (Å²) in [6.07, 6.45) is 10.2. The molecule has 2 heterocycles. The number of aryl methyl sites for hydroxylation is 1. The van der Waals surface area contributed by atoms with Crippen LogP contribution in [0.1, 0.15) is 44.2 Å². The SMILES string of the molecule is CN(Cc1ccn(C)n1)C(=O)C12CC3CC(C1)CC(n1cnc(Br)n1)(C3)C2. The molecule has 2 aromatic rings. The molecule has 0 aromatic carbocycles. The van der Waals surface area contributed by atoms with Crippen LogP contribution in [-0.2, 0) is 23.9 Å². The van der Waals surface area contributed by atoms with Gasteiger partial charge in [-0.15, -0.1) is 5.10 Å². The largest absolute Gasteiger partial charge is 0.339 e. The third kappa shape index (κ3) is 2.75. The monoisotopic (exact) mass is 432 g/mol. The van der Waals surface area contributed by atoms with Gasteiger partial charge in [0.15, 0.2) is 0 Å². The Morgan fingerprint density at radius 3 is 2.63 bits per heavy atom. The molecule has 4 aliphatic rings. The highest BCUT2D eigenvalue weighted by Gasteiger charge is 2.62. The molecule has 4 fully saturated rings. The average Bonchev–Trinajstić information content (AvgIpc) is 3.21. The topological polar surface area (TPSA) is 68.8 Å². The third-order valence-electron chi connectivity index (χ3n) is 6.95. The van der Waals surface area contributed by atoms with E-state index in [1.54, 1.807) is 4.68 Å². The van der Waals surface area contributed by atoms with Gasteiger partial charge < -0.3 is 4.90 Å². The molecule has 0 saturated heterocycles. The molecule has 27 heavy (non-hydrogen) atoms. The Labute approximate surface area is 167 Å². The van der Waals surface area contributed by atoms with Crippen molar-refractivity contribution >= 4 is 21.8 Å². The van der Waals surface area contributed by atoms with Crippen molar-refractivity contribution in [2.75, 3.05) is 7.05 Å². The number of amides is 1. The molecule has 0 radical (unpaired) electrons. The fraction of sp³-hybridized carbons (Fsp3) is 0.684. The van der Waals surface area contributed by atoms with E-state index in [2.05, 4.69) is 35.8 Å². The lowest BCUT2D eigenvalue weighted by Crippen LogP contribution is -2.61. The van der Waals surface area contributed by atoms with Crippen LogP contribution in [0.4, 0.5) is 0 Å². The summed E-state index contributed by atoms with van der Waals surface area (Å²) in [7, 11) is 3.83. The predicted octanol–water partition coefficient (Wildman–Crippen LogP) is 2.73. The molecule has 0 aliphatic heterocycles. The van der Waals surface area contributed by atoms with Crippen molar-refractivity contribution in [2.24, 2.45) is 24.3 Å². The summed E-state index contributed by atoms with van der Waals surface area (Å²) in [5, 5.41) is 9.03. The second kappa shape index (κ2) is 5.90. The minimum atomic E-state index is -0.258. The maximum absolute atomic E-state index is 13.6. The van der Waals surface area contributed by atoms with E-state index in [-0.39, 0.29) is 16.9 Å². The minimum absolute atomic E-state index is 0.0510. The maximum atomic E-state index is 13.6. The smallest absolute Gasteiger partial charge is 0.228 e. The quantitative estimate of drug-likeness (QED) is 0.744. The van der Waals surface area contributed by atoms with Crippen LogP contribution in [0.15, 0.2) is 23.3 Å². The van der Waals surface area contributed by atoms with Crippen LogP contribution in [0.3, 0.4) is 0 Å². The van der Waals surface area contributed by atoms with Crippen molar-refractivity contribution in [3.8, 4) is 0 Å². The zero-order valence-electron chi connectivity index (χ0n) is 15.8. The first kappa shape index (κ1) is 17.4. The number of hydrogen-bond acceptors (Lipinski definition) is 4. The van der Waals surface area contributed by atoms with E-state index in [0.717, 1.165) is 37.8 Å². The van der Waals surface area contributed by atoms with E-state index in [9.17, 15) is 4.79 Å². The standard InChI is InChI=1S/C19H25BrN6O/c1-24(10-15-3-4-25(2)22-15)16(27)18-6-13-5-14(7-18)9-19(8-13,11-18)26-12-21-17(20)23-26/h3-4,12-14H,5-11H2,1-2H3. The molecule has 8 heteroatoms. The lowest BCUT2D eigenvalue weighted by molar-refractivity contribution is -0.166. The number of carbonyl (C=O) groups excluding carboxylic acids is 1. The van der Waals surface area contributed by atoms with E-state index >= 15 is 0 Å². The van der Waals surface area contributed by atoms with Gasteiger partial charge in [0.25, 0.3) is 0 Å². The van der Waals surface area contributed by atoms with Gasteiger partial charge in [-0.1, -0.05) is 0 Å². The summed E-state index contributed by atoms with van der Waals surface area (Å²) in [5.74, 6) is 1.51. The first-order valence-electron chi connectivity index (χ1n) is 9.69. The third-order valence-corrected chi connectivity index (χ3v) is 7.31. The molecular formula is C19H25BrN6O. The fourth-order valence-electron chi connectivity index (χ4n) is 6.47. The molecule has 4 saturated carbocycles.